The van der Waals surface area contributed by atoms with Gasteiger partial charge in [0.1, 0.15) is 0 Å². The summed E-state index contributed by atoms with van der Waals surface area (Å²) in [4.78, 5) is 14.6. The number of halogens is 1. The molecule has 1 heterocycles. The average molecular weight is 339 g/mol. The molecule has 1 aliphatic rings. The van der Waals surface area contributed by atoms with E-state index in [1.807, 2.05) is 29.2 Å². The molecule has 1 aliphatic heterocycles. The second-order valence-corrected chi connectivity index (χ2v) is 6.62. The molecule has 0 saturated carbocycles. The summed E-state index contributed by atoms with van der Waals surface area (Å²) in [6.45, 7) is 6.04. The van der Waals surface area contributed by atoms with Crippen LogP contribution in [0.4, 0.5) is 0 Å². The van der Waals surface area contributed by atoms with Crippen molar-refractivity contribution >= 4 is 21.8 Å². The van der Waals surface area contributed by atoms with E-state index in [-0.39, 0.29) is 11.9 Å². The number of carbonyl (C=O) groups is 1. The molecule has 1 N–H and O–H groups in total. The molecule has 1 atom stereocenters. The molecule has 2 rings (SSSR count). The zero-order valence-corrected chi connectivity index (χ0v) is 13.8. The number of hydrogen-bond donors (Lipinski definition) is 1. The van der Waals surface area contributed by atoms with E-state index in [9.17, 15) is 4.79 Å². The summed E-state index contributed by atoms with van der Waals surface area (Å²) >= 11 is 3.41. The normalized spacial score (nSPS) is 19.1. The van der Waals surface area contributed by atoms with Gasteiger partial charge >= 0.3 is 0 Å². The van der Waals surface area contributed by atoms with E-state index in [4.69, 9.17) is 0 Å². The summed E-state index contributed by atoms with van der Waals surface area (Å²) in [6, 6.07) is 8.27. The van der Waals surface area contributed by atoms with Crippen LogP contribution in [0.15, 0.2) is 28.7 Å². The molecule has 1 aromatic rings. The fourth-order valence-electron chi connectivity index (χ4n) is 2.60. The van der Waals surface area contributed by atoms with Crippen LogP contribution >= 0.6 is 15.9 Å². The van der Waals surface area contributed by atoms with Crippen molar-refractivity contribution in [1.82, 2.24) is 10.2 Å². The van der Waals surface area contributed by atoms with Gasteiger partial charge < -0.3 is 10.2 Å². The van der Waals surface area contributed by atoms with Crippen LogP contribution in [0.5, 0.6) is 0 Å². The first kappa shape index (κ1) is 15.5. The lowest BCUT2D eigenvalue weighted by molar-refractivity contribution is 0.0677. The van der Waals surface area contributed by atoms with Crippen LogP contribution in [0, 0.1) is 0 Å². The number of nitrogens with zero attached hydrogens (tertiary/aromatic N) is 1. The van der Waals surface area contributed by atoms with Crippen molar-refractivity contribution in [2.45, 2.75) is 45.2 Å². The summed E-state index contributed by atoms with van der Waals surface area (Å²) in [7, 11) is 0. The molecule has 4 heteroatoms. The van der Waals surface area contributed by atoms with E-state index in [1.54, 1.807) is 0 Å². The Morgan fingerprint density at radius 1 is 1.35 bits per heavy atom. The van der Waals surface area contributed by atoms with Crippen LogP contribution in [-0.2, 0) is 0 Å². The maximum absolute atomic E-state index is 12.7. The highest BCUT2D eigenvalue weighted by molar-refractivity contribution is 9.10. The van der Waals surface area contributed by atoms with E-state index >= 15 is 0 Å². The van der Waals surface area contributed by atoms with Crippen LogP contribution in [0.2, 0.25) is 0 Å². The molecule has 3 nitrogen and oxygen atoms in total. The van der Waals surface area contributed by atoms with E-state index in [2.05, 4.69) is 35.1 Å². The third-order valence-corrected chi connectivity index (χ3v) is 4.33. The molecule has 20 heavy (non-hydrogen) atoms. The molecule has 0 aromatic heterocycles. The van der Waals surface area contributed by atoms with Gasteiger partial charge in [0.2, 0.25) is 0 Å². The van der Waals surface area contributed by atoms with Gasteiger partial charge in [0.25, 0.3) is 5.91 Å². The molecule has 1 unspecified atom stereocenters. The molecule has 1 saturated heterocycles. The SMILES string of the molecule is CC(C)N(CC1CCCCN1)C(=O)c1ccc(Br)cc1. The summed E-state index contributed by atoms with van der Waals surface area (Å²) in [5, 5.41) is 3.52. The zero-order valence-electron chi connectivity index (χ0n) is 12.2. The van der Waals surface area contributed by atoms with Gasteiger partial charge in [-0.05, 0) is 57.5 Å². The van der Waals surface area contributed by atoms with Gasteiger partial charge in [0.05, 0.1) is 0 Å². The minimum absolute atomic E-state index is 0.125. The highest BCUT2D eigenvalue weighted by atomic mass is 79.9. The van der Waals surface area contributed by atoms with Crippen LogP contribution in [-0.4, -0.2) is 36.0 Å². The lowest BCUT2D eigenvalue weighted by Crippen LogP contribution is -2.48. The Bertz CT molecular complexity index is 438. The number of piperidine rings is 1. The van der Waals surface area contributed by atoms with Gasteiger partial charge in [-0.1, -0.05) is 22.4 Å². The van der Waals surface area contributed by atoms with Crippen molar-refractivity contribution in [3.05, 3.63) is 34.3 Å². The Morgan fingerprint density at radius 2 is 2.05 bits per heavy atom. The number of hydrogen-bond acceptors (Lipinski definition) is 2. The van der Waals surface area contributed by atoms with Crippen molar-refractivity contribution in [2.24, 2.45) is 0 Å². The average Bonchev–Trinajstić information content (AvgIpc) is 2.45. The summed E-state index contributed by atoms with van der Waals surface area (Å²) < 4.78 is 0.999. The number of rotatable bonds is 4. The quantitative estimate of drug-likeness (QED) is 0.911. The smallest absolute Gasteiger partial charge is 0.254 e. The fraction of sp³-hybridized carbons (Fsp3) is 0.562. The van der Waals surface area contributed by atoms with E-state index in [0.29, 0.717) is 6.04 Å². The number of carbonyl (C=O) groups excluding carboxylic acids is 1. The van der Waals surface area contributed by atoms with Gasteiger partial charge in [0.15, 0.2) is 0 Å². The van der Waals surface area contributed by atoms with E-state index in [0.717, 1.165) is 29.5 Å². The summed E-state index contributed by atoms with van der Waals surface area (Å²) in [5.74, 6) is 0.125. The topological polar surface area (TPSA) is 32.3 Å². The molecule has 1 fully saturated rings. The van der Waals surface area contributed by atoms with Gasteiger partial charge in [-0.2, -0.15) is 0 Å². The lowest BCUT2D eigenvalue weighted by atomic mass is 10.0. The minimum Gasteiger partial charge on any atom is -0.335 e. The zero-order chi connectivity index (χ0) is 14.5. The number of benzene rings is 1. The highest BCUT2D eigenvalue weighted by Crippen LogP contribution is 2.16. The van der Waals surface area contributed by atoms with Crippen LogP contribution < -0.4 is 5.32 Å². The standard InChI is InChI=1S/C16H23BrN2O/c1-12(2)19(11-15-5-3-4-10-18-15)16(20)13-6-8-14(17)9-7-13/h6-9,12,15,18H,3-5,10-11H2,1-2H3. The first-order valence-electron chi connectivity index (χ1n) is 7.38. The minimum atomic E-state index is 0.125. The number of amides is 1. The third-order valence-electron chi connectivity index (χ3n) is 3.80. The first-order valence-corrected chi connectivity index (χ1v) is 8.17. The van der Waals surface area contributed by atoms with E-state index < -0.39 is 0 Å². The summed E-state index contributed by atoms with van der Waals surface area (Å²) in [5.41, 5.74) is 0.762. The van der Waals surface area contributed by atoms with Crippen molar-refractivity contribution in [3.63, 3.8) is 0 Å². The maximum atomic E-state index is 12.7. The molecule has 110 valence electrons. The Hall–Kier alpha value is -0.870. The molecule has 0 radical (unpaired) electrons. The monoisotopic (exact) mass is 338 g/mol. The maximum Gasteiger partial charge on any atom is 0.254 e. The predicted molar refractivity (Wildman–Crippen MR) is 86.0 cm³/mol. The van der Waals surface area contributed by atoms with Crippen molar-refractivity contribution < 1.29 is 4.79 Å². The molecular weight excluding hydrogens is 316 g/mol. The van der Waals surface area contributed by atoms with Crippen molar-refractivity contribution in [1.29, 1.82) is 0 Å². The second-order valence-electron chi connectivity index (χ2n) is 5.70. The predicted octanol–water partition coefficient (Wildman–Crippen LogP) is 3.44. The first-order chi connectivity index (χ1) is 9.58. The van der Waals surface area contributed by atoms with Gasteiger partial charge in [-0.3, -0.25) is 4.79 Å². The van der Waals surface area contributed by atoms with Gasteiger partial charge in [-0.15, -0.1) is 0 Å². The Balaban J connectivity index is 2.07. The fourth-order valence-corrected chi connectivity index (χ4v) is 2.87. The number of nitrogens with one attached hydrogen (secondary N) is 1. The molecule has 1 amide bonds. The Morgan fingerprint density at radius 3 is 2.60 bits per heavy atom. The van der Waals surface area contributed by atoms with Gasteiger partial charge in [0, 0.05) is 28.7 Å². The third kappa shape index (κ3) is 4.06. The molecule has 1 aromatic carbocycles. The van der Waals surface area contributed by atoms with Crippen molar-refractivity contribution in [2.75, 3.05) is 13.1 Å². The molecule has 0 aliphatic carbocycles. The van der Waals surface area contributed by atoms with Gasteiger partial charge in [-0.25, -0.2) is 0 Å². The summed E-state index contributed by atoms with van der Waals surface area (Å²) in [6.07, 6.45) is 3.67. The Labute approximate surface area is 129 Å². The van der Waals surface area contributed by atoms with Crippen molar-refractivity contribution in [3.8, 4) is 0 Å². The van der Waals surface area contributed by atoms with Crippen LogP contribution in [0.3, 0.4) is 0 Å². The molecular formula is C16H23BrN2O. The van der Waals surface area contributed by atoms with Crippen LogP contribution in [0.1, 0.15) is 43.5 Å². The largest absolute Gasteiger partial charge is 0.335 e. The molecule has 0 spiro atoms. The van der Waals surface area contributed by atoms with Crippen LogP contribution in [0.25, 0.3) is 0 Å². The second kappa shape index (κ2) is 7.23. The molecule has 0 bridgehead atoms. The Kier molecular flexibility index (Phi) is 5.61. The highest BCUT2D eigenvalue weighted by Gasteiger charge is 2.23. The lowest BCUT2D eigenvalue weighted by Gasteiger charge is -2.33. The van der Waals surface area contributed by atoms with E-state index in [1.165, 1.54) is 12.8 Å².